The fourth-order valence-electron chi connectivity index (χ4n) is 5.89. The van der Waals surface area contributed by atoms with Gasteiger partial charge in [0.15, 0.2) is 5.75 Å². The van der Waals surface area contributed by atoms with E-state index in [0.717, 1.165) is 47.7 Å². The number of nitrogens with zero attached hydrogens (tertiary/aromatic N) is 5. The van der Waals surface area contributed by atoms with E-state index >= 15 is 0 Å². The zero-order valence-electron chi connectivity index (χ0n) is 32.2. The van der Waals surface area contributed by atoms with Gasteiger partial charge in [0, 0.05) is 41.0 Å². The topological polar surface area (TPSA) is 306 Å². The fourth-order valence-corrected chi connectivity index (χ4v) is 7.95. The quantitative estimate of drug-likeness (QED) is 0.0223. The molecule has 5 N–H and O–H groups in total. The van der Waals surface area contributed by atoms with Gasteiger partial charge in [-0.05, 0) is 78.0 Å². The molecule has 23 heteroatoms. The van der Waals surface area contributed by atoms with E-state index in [1.807, 2.05) is 31.2 Å². The monoisotopic (exact) mass is 904 g/mol. The summed E-state index contributed by atoms with van der Waals surface area (Å²) >= 11 is 0. The maximum Gasteiger partial charge on any atom is 0.296 e. The van der Waals surface area contributed by atoms with Crippen molar-refractivity contribution >= 4 is 93.1 Å². The van der Waals surface area contributed by atoms with Gasteiger partial charge in [0.2, 0.25) is 0 Å². The zero-order chi connectivity index (χ0) is 45.1. The molecule has 20 nitrogen and oxygen atoms in total. The number of aryl methyl sites for hydroxylation is 1. The van der Waals surface area contributed by atoms with Crippen molar-refractivity contribution in [1.29, 1.82) is 0 Å². The lowest BCUT2D eigenvalue weighted by Gasteiger charge is -2.12. The molecule has 0 bridgehead atoms. The number of nitro benzene ring substituents is 1. The van der Waals surface area contributed by atoms with Crippen LogP contribution in [0.5, 0.6) is 17.2 Å². The number of ether oxygens (including phenoxy) is 2. The summed E-state index contributed by atoms with van der Waals surface area (Å²) in [6.45, 7) is 1.94. The minimum atomic E-state index is -4.97. The lowest BCUT2D eigenvalue weighted by molar-refractivity contribution is -0.385. The molecule has 0 aliphatic carbocycles. The average Bonchev–Trinajstić information content (AvgIpc) is 3.21. The van der Waals surface area contributed by atoms with Crippen LogP contribution in [0.3, 0.4) is 0 Å². The van der Waals surface area contributed by atoms with E-state index in [0.29, 0.717) is 11.8 Å². The molecule has 0 unspecified atom stereocenters. The Morgan fingerprint density at radius 3 is 1.71 bits per heavy atom. The number of benzene rings is 6. The molecule has 62 heavy (non-hydrogen) atoms. The van der Waals surface area contributed by atoms with Crippen LogP contribution in [0.4, 0.5) is 39.8 Å². The lowest BCUT2D eigenvalue weighted by Crippen LogP contribution is -2.02. The highest BCUT2D eigenvalue weighted by molar-refractivity contribution is 7.86. The highest BCUT2D eigenvalue weighted by atomic mass is 32.2. The largest absolute Gasteiger partial charge is 0.505 e. The smallest absolute Gasteiger partial charge is 0.296 e. The van der Waals surface area contributed by atoms with Gasteiger partial charge in [0.25, 0.3) is 36.0 Å². The first-order chi connectivity index (χ1) is 29.2. The van der Waals surface area contributed by atoms with Crippen LogP contribution in [0.1, 0.15) is 16.7 Å². The molecule has 320 valence electrons. The standard InChI is InChI=1S/C39H32N6O14S3/c1-22-4-10-26(11-5-22)40-27-13-15-30-25(16-27)17-37(62(55,56)57)38(39(30)46)44-43-32-21-33(58-2)31(20-34(32)59-3)42-41-28-12-8-23(35(18-28)60(49,50)51)6-7-24-9-14-29(45(47)48)19-36(24)61(52,53)54/h4-21,40,46H,1-3H3,(H,49,50,51)(H,52,53,54)(H,55,56,57)/b7-6-,42-41?,44-43?. The Hall–Kier alpha value is -7.15. The van der Waals surface area contributed by atoms with Gasteiger partial charge in [-0.25, -0.2) is 0 Å². The summed E-state index contributed by atoms with van der Waals surface area (Å²) in [6, 6.07) is 22.0. The third kappa shape index (κ3) is 10.1. The molecule has 0 saturated carbocycles. The zero-order valence-corrected chi connectivity index (χ0v) is 34.7. The Morgan fingerprint density at radius 2 is 1.16 bits per heavy atom. The third-order valence-electron chi connectivity index (χ3n) is 8.88. The van der Waals surface area contributed by atoms with Gasteiger partial charge in [-0.2, -0.15) is 30.4 Å². The van der Waals surface area contributed by atoms with Crippen LogP contribution in [0.25, 0.3) is 22.9 Å². The number of nitrogens with one attached hydrogen (secondary N) is 1. The highest BCUT2D eigenvalue weighted by Crippen LogP contribution is 2.45. The molecule has 0 spiro atoms. The van der Waals surface area contributed by atoms with E-state index < -0.39 is 67.1 Å². The molecule has 0 heterocycles. The van der Waals surface area contributed by atoms with E-state index in [1.165, 1.54) is 44.6 Å². The molecule has 0 aliphatic heterocycles. The van der Waals surface area contributed by atoms with Gasteiger partial charge in [-0.3, -0.25) is 23.8 Å². The Morgan fingerprint density at radius 1 is 0.629 bits per heavy atom. The molecule has 0 aliphatic rings. The van der Waals surface area contributed by atoms with Crippen molar-refractivity contribution in [2.24, 2.45) is 20.5 Å². The lowest BCUT2D eigenvalue weighted by atomic mass is 10.1. The van der Waals surface area contributed by atoms with Gasteiger partial charge in [-0.15, -0.1) is 15.3 Å². The SMILES string of the molecule is COc1cc(N=Nc2c(S(=O)(=O)O)cc3cc(Nc4ccc(C)cc4)ccc3c2O)c(OC)cc1N=Nc1ccc(/C=C\c2ccc([N+](=O)[O-])cc2S(=O)(=O)O)c(S(=O)(=O)O)c1. The summed E-state index contributed by atoms with van der Waals surface area (Å²) in [5, 5.41) is 42.2. The van der Waals surface area contributed by atoms with Crippen LogP contribution >= 0.6 is 0 Å². The Bertz CT molecular complexity index is 3210. The predicted octanol–water partition coefficient (Wildman–Crippen LogP) is 9.26. The van der Waals surface area contributed by atoms with Crippen LogP contribution in [-0.4, -0.2) is 63.2 Å². The van der Waals surface area contributed by atoms with Crippen LogP contribution in [0, 0.1) is 17.0 Å². The second kappa shape index (κ2) is 17.4. The van der Waals surface area contributed by atoms with E-state index in [2.05, 4.69) is 25.8 Å². The number of anilines is 2. The first-order valence-electron chi connectivity index (χ1n) is 17.4. The number of hydrogen-bond donors (Lipinski definition) is 5. The molecule has 6 rings (SSSR count). The fraction of sp³-hybridized carbons (Fsp3) is 0.0769. The summed E-state index contributed by atoms with van der Waals surface area (Å²) in [6.07, 6.45) is 2.14. The van der Waals surface area contributed by atoms with Crippen molar-refractivity contribution in [2.45, 2.75) is 21.6 Å². The molecule has 6 aromatic carbocycles. The van der Waals surface area contributed by atoms with E-state index in [1.54, 1.807) is 12.1 Å². The van der Waals surface area contributed by atoms with Gasteiger partial charge >= 0.3 is 0 Å². The number of phenols is 1. The summed E-state index contributed by atoms with van der Waals surface area (Å²) in [4.78, 5) is 8.00. The Balaban J connectivity index is 1.32. The summed E-state index contributed by atoms with van der Waals surface area (Å²) in [5.41, 5.74) is 0.581. The maximum absolute atomic E-state index is 12.5. The number of phenolic OH excluding ortho intramolecular Hbond substituents is 1. The Labute approximate surface area is 352 Å². The molecule has 0 saturated heterocycles. The van der Waals surface area contributed by atoms with Crippen LogP contribution in [0.15, 0.2) is 132 Å². The predicted molar refractivity (Wildman–Crippen MR) is 226 cm³/mol. The van der Waals surface area contributed by atoms with Crippen molar-refractivity contribution in [2.75, 3.05) is 19.5 Å². The molecule has 0 aromatic heterocycles. The van der Waals surface area contributed by atoms with Crippen molar-refractivity contribution in [3.63, 3.8) is 0 Å². The third-order valence-corrected chi connectivity index (χ3v) is 11.6. The number of hydrogen-bond acceptors (Lipinski definition) is 16. The molecular weight excluding hydrogens is 873 g/mol. The van der Waals surface area contributed by atoms with Gasteiger partial charge in [0.05, 0.1) is 24.8 Å². The number of nitro groups is 1. The minimum absolute atomic E-state index is 0.00109. The molecule has 0 atom stereocenters. The van der Waals surface area contributed by atoms with E-state index in [-0.39, 0.29) is 50.5 Å². The van der Waals surface area contributed by atoms with Crippen molar-refractivity contribution < 1.29 is 58.4 Å². The normalized spacial score (nSPS) is 12.4. The number of non-ortho nitro benzene ring substituents is 1. The van der Waals surface area contributed by atoms with Crippen molar-refractivity contribution in [3.05, 3.63) is 124 Å². The maximum atomic E-state index is 12.5. The number of aromatic hydroxyl groups is 1. The number of rotatable bonds is 14. The molecule has 0 amide bonds. The van der Waals surface area contributed by atoms with Gasteiger partial charge < -0.3 is 19.9 Å². The minimum Gasteiger partial charge on any atom is -0.505 e. The van der Waals surface area contributed by atoms with Crippen molar-refractivity contribution in [3.8, 4) is 17.2 Å². The second-order valence-electron chi connectivity index (χ2n) is 13.1. The average molecular weight is 905 g/mol. The molecule has 0 radical (unpaired) electrons. The molecule has 6 aromatic rings. The van der Waals surface area contributed by atoms with Crippen molar-refractivity contribution in [1.82, 2.24) is 0 Å². The number of fused-ring (bicyclic) bond motifs is 1. The Kier molecular flexibility index (Phi) is 12.5. The number of methoxy groups -OCH3 is 2. The van der Waals surface area contributed by atoms with E-state index in [4.69, 9.17) is 9.47 Å². The first-order valence-corrected chi connectivity index (χ1v) is 21.7. The molecule has 0 fully saturated rings. The van der Waals surface area contributed by atoms with Crippen LogP contribution in [0.2, 0.25) is 0 Å². The first kappa shape index (κ1) is 44.4. The summed E-state index contributed by atoms with van der Waals surface area (Å²) in [5.74, 6) is -0.613. The van der Waals surface area contributed by atoms with Gasteiger partial charge in [0.1, 0.15) is 43.2 Å². The summed E-state index contributed by atoms with van der Waals surface area (Å²) < 4.78 is 114. The second-order valence-corrected chi connectivity index (χ2v) is 17.2. The summed E-state index contributed by atoms with van der Waals surface area (Å²) in [7, 11) is -12.3. The number of azo groups is 2. The van der Waals surface area contributed by atoms with Crippen LogP contribution < -0.4 is 14.8 Å². The van der Waals surface area contributed by atoms with Gasteiger partial charge in [-0.1, -0.05) is 35.9 Å². The van der Waals surface area contributed by atoms with Crippen LogP contribution in [-0.2, 0) is 30.4 Å². The highest BCUT2D eigenvalue weighted by Gasteiger charge is 2.24. The molecular formula is C39H32N6O14S3. The van der Waals surface area contributed by atoms with E-state index in [9.17, 15) is 54.1 Å².